The molecule has 2 aromatic heterocycles. The van der Waals surface area contributed by atoms with Crippen LogP contribution in [-0.4, -0.2) is 142 Å². The minimum atomic E-state index is -5.11. The number of aliphatic imine (C=N–C) groups is 3. The molecule has 0 aliphatic carbocycles. The quantitative estimate of drug-likeness (QED) is 0.0583. The third kappa shape index (κ3) is 12.8. The summed E-state index contributed by atoms with van der Waals surface area (Å²) in [6.07, 6.45) is -3.79. The number of aromatic nitrogens is 4. The number of imidazole rings is 1. The van der Waals surface area contributed by atoms with Gasteiger partial charge in [0.25, 0.3) is 0 Å². The van der Waals surface area contributed by atoms with Crippen LogP contribution in [0.1, 0.15) is 139 Å². The lowest BCUT2D eigenvalue weighted by atomic mass is 9.55. The number of anilines is 1. The molecule has 7 amide bonds. The van der Waals surface area contributed by atoms with E-state index in [2.05, 4.69) is 25.6 Å². The van der Waals surface area contributed by atoms with Gasteiger partial charge in [-0.1, -0.05) is 34.6 Å². The van der Waals surface area contributed by atoms with Gasteiger partial charge in [-0.2, -0.15) is 0 Å². The molecule has 8 bridgehead atoms. The number of carbonyl (C=O) groups is 7. The zero-order valence-corrected chi connectivity index (χ0v) is 52.5. The summed E-state index contributed by atoms with van der Waals surface area (Å²) in [5.41, 5.74) is 40.3. The number of nitrogens with zero attached hydrogens (tertiary/aromatic N) is 7. The zero-order chi connectivity index (χ0) is 65.8. The van der Waals surface area contributed by atoms with Crippen LogP contribution in [0.3, 0.4) is 0 Å². The molecule has 15 atom stereocenters. The normalized spacial score (nSPS) is 34.4. The van der Waals surface area contributed by atoms with Crippen molar-refractivity contribution in [3.63, 3.8) is 0 Å². The molecule has 8 heterocycles. The number of fused-ring (bicyclic) bond motifs is 7. The molecule has 2 unspecified atom stereocenters. The molecule has 486 valence electrons. The highest BCUT2D eigenvalue weighted by Crippen LogP contribution is 2.62. The molecule has 2 saturated heterocycles. The Labute approximate surface area is 514 Å². The fraction of sp³-hybridized carbons (Fsp3) is 0.638. The number of aliphatic hydroxyl groups is 2. The average molecular weight is 1260 g/mol. The van der Waals surface area contributed by atoms with Crippen LogP contribution in [0.5, 0.6) is 0 Å². The molecule has 2 fully saturated rings. The Morgan fingerprint density at radius 2 is 1.44 bits per heavy atom. The molecule has 31 heteroatoms. The van der Waals surface area contributed by atoms with Crippen molar-refractivity contribution in [3.05, 3.63) is 47.0 Å². The lowest BCUT2D eigenvalue weighted by molar-refractivity contribution is -0.124. The zero-order valence-electron chi connectivity index (χ0n) is 51.6. The van der Waals surface area contributed by atoms with E-state index in [0.29, 0.717) is 45.4 Å². The van der Waals surface area contributed by atoms with E-state index in [1.54, 1.807) is 6.92 Å². The van der Waals surface area contributed by atoms with E-state index in [4.69, 9.17) is 68.9 Å². The van der Waals surface area contributed by atoms with Crippen molar-refractivity contribution in [2.24, 2.45) is 94.7 Å². The lowest BCUT2D eigenvalue weighted by Gasteiger charge is -2.48. The van der Waals surface area contributed by atoms with Crippen LogP contribution in [0.4, 0.5) is 5.82 Å². The molecule has 6 aliphatic rings. The Kier molecular flexibility index (Phi) is 19.1. The van der Waals surface area contributed by atoms with Gasteiger partial charge in [0.05, 0.1) is 30.6 Å². The Morgan fingerprint density at radius 3 is 2.03 bits per heavy atom. The van der Waals surface area contributed by atoms with Crippen molar-refractivity contribution in [3.8, 4) is 0 Å². The predicted molar refractivity (Wildman–Crippen MR) is 324 cm³/mol. The van der Waals surface area contributed by atoms with E-state index < -0.39 is 143 Å². The monoisotopic (exact) mass is 1260 g/mol. The van der Waals surface area contributed by atoms with Crippen molar-refractivity contribution in [2.45, 2.75) is 175 Å². The van der Waals surface area contributed by atoms with Crippen LogP contribution in [0.2, 0.25) is 0 Å². The minimum Gasteiger partial charge on any atom is -0.394 e. The van der Waals surface area contributed by atoms with Crippen LogP contribution in [0.25, 0.3) is 11.2 Å². The van der Waals surface area contributed by atoms with E-state index >= 15 is 0 Å². The second-order valence-corrected chi connectivity index (χ2v) is 27.4. The maximum Gasteiger partial charge on any atom is 0.472 e. The van der Waals surface area contributed by atoms with Crippen LogP contribution in [-0.2, 0) is 51.9 Å². The van der Waals surface area contributed by atoms with Crippen LogP contribution in [0.15, 0.2) is 61.9 Å². The number of nitrogens with two attached hydrogens (primary N) is 7. The van der Waals surface area contributed by atoms with Gasteiger partial charge in [-0.3, -0.25) is 62.2 Å². The number of phosphoric acid groups is 1. The first kappa shape index (κ1) is 67.6. The summed E-state index contributed by atoms with van der Waals surface area (Å²) < 4.78 is 31.7. The van der Waals surface area contributed by atoms with Gasteiger partial charge in [0.15, 0.2) is 17.7 Å². The first-order chi connectivity index (χ1) is 41.4. The van der Waals surface area contributed by atoms with Gasteiger partial charge in [-0.05, 0) is 70.6 Å². The van der Waals surface area contributed by atoms with Gasteiger partial charge in [-0.25, -0.2) is 19.5 Å². The van der Waals surface area contributed by atoms with E-state index in [1.807, 2.05) is 54.5 Å². The van der Waals surface area contributed by atoms with E-state index in [-0.39, 0.29) is 94.2 Å². The van der Waals surface area contributed by atoms with Crippen molar-refractivity contribution in [1.29, 1.82) is 0 Å². The number of allylic oxidation sites excluding steroid dienone is 6. The summed E-state index contributed by atoms with van der Waals surface area (Å²) in [5.74, 6) is -7.22. The number of nitrogen functional groups attached to an aromatic ring is 1. The smallest absolute Gasteiger partial charge is 0.394 e. The number of carbonyl (C=O) groups excluding carboxylic acids is 7. The summed E-state index contributed by atoms with van der Waals surface area (Å²) in [7, 11) is -5.11. The molecule has 19 N–H and O–H groups in total. The van der Waals surface area contributed by atoms with Crippen LogP contribution < -0.4 is 50.8 Å². The Balaban J connectivity index is 1.20. The predicted octanol–water partition coefficient (Wildman–Crippen LogP) is 0.919. The van der Waals surface area contributed by atoms with Gasteiger partial charge in [0, 0.05) is 131 Å². The lowest BCUT2D eigenvalue weighted by Crippen LogP contribution is -2.56. The van der Waals surface area contributed by atoms with E-state index in [1.165, 1.54) is 24.1 Å². The summed E-state index contributed by atoms with van der Waals surface area (Å²) in [5, 5.41) is 28.0. The van der Waals surface area contributed by atoms with Crippen molar-refractivity contribution in [2.75, 3.05) is 18.9 Å². The standard InChI is InChI=1S/C58H85N16O14P/c1-26(87-89(84,85)88-47-34(23-75)86-53(46(47)83)74-25-69-45-51(65)67-24-68-52(45)74)22-66-42(82)16-17-55(6)32(18-39(62)79)50-58(9)57(8,21-41(64)81)31(12-15-38(61)78)44(73-58)28(3)49-56(7,20-40(63)80)29(10-13-36(59)76)33(70-49)19-35-54(4,5)30(11-14-37(60)77)43(71-35)27(2)48(55)72-50/h19,24-26,29-32,34,46-47,50,53,70,75,83H,10-18,20-23H2,1-9H3,(H2,59,76)(H2,60,77)(H2,61,78)(H2,62,79)(H2,63,80)(H2,64,81)(H,66,82)(H,84,85)(H2,65,67,68)/b33-19-,43-27-,49-28-/t26-,29-,30-,31-,32+,34-,46-,47-,50?,53-,55-,56+,57+,58-/m1/s1. The first-order valence-corrected chi connectivity index (χ1v) is 31.2. The van der Waals surface area contributed by atoms with Crippen molar-refractivity contribution in [1.82, 2.24) is 30.2 Å². The average Bonchev–Trinajstić information content (AvgIpc) is 1.54. The van der Waals surface area contributed by atoms with Crippen molar-refractivity contribution >= 4 is 83.3 Å². The van der Waals surface area contributed by atoms with Gasteiger partial charge < -0.3 is 70.6 Å². The highest BCUT2D eigenvalue weighted by Gasteiger charge is 2.66. The molecule has 0 spiro atoms. The molecule has 8 rings (SSSR count). The topological polar surface area (TPSA) is 512 Å². The van der Waals surface area contributed by atoms with Crippen LogP contribution >= 0.6 is 7.82 Å². The molecule has 0 saturated carbocycles. The Hall–Kier alpha value is -7.34. The second kappa shape index (κ2) is 25.1. The summed E-state index contributed by atoms with van der Waals surface area (Å²) in [6.45, 7) is 15.2. The third-order valence-corrected chi connectivity index (χ3v) is 20.9. The molecular weight excluding hydrogens is 1180 g/mol. The number of hydrogen-bond acceptors (Lipinski definition) is 21. The third-order valence-electron chi connectivity index (χ3n) is 19.8. The highest BCUT2D eigenvalue weighted by molar-refractivity contribution is 7.47. The second-order valence-electron chi connectivity index (χ2n) is 26.1. The first-order valence-electron chi connectivity index (χ1n) is 29.7. The molecule has 6 aliphatic heterocycles. The molecule has 2 aromatic rings. The van der Waals surface area contributed by atoms with E-state index in [9.17, 15) is 53.2 Å². The minimum absolute atomic E-state index is 0.0258. The number of aliphatic hydroxyl groups excluding tert-OH is 2. The number of nitrogens with one attached hydrogen (secondary N) is 2. The van der Waals surface area contributed by atoms with Gasteiger partial charge in [0.1, 0.15) is 30.2 Å². The maximum atomic E-state index is 14.3. The fourth-order valence-corrected chi connectivity index (χ4v) is 16.2. The molecule has 0 aromatic carbocycles. The largest absolute Gasteiger partial charge is 0.472 e. The molecule has 30 nitrogen and oxygen atoms in total. The number of ether oxygens (including phenoxy) is 1. The fourth-order valence-electron chi connectivity index (χ4n) is 15.0. The number of amides is 7. The summed E-state index contributed by atoms with van der Waals surface area (Å²) in [6, 6.07) is -1.05. The number of rotatable bonds is 26. The summed E-state index contributed by atoms with van der Waals surface area (Å²) >= 11 is 0. The Bertz CT molecular complexity index is 3490. The number of primary amides is 6. The maximum absolute atomic E-state index is 14.3. The van der Waals surface area contributed by atoms with Gasteiger partial charge in [0.2, 0.25) is 41.4 Å². The number of hydrogen-bond donors (Lipinski definition) is 12. The molecule has 89 heavy (non-hydrogen) atoms. The van der Waals surface area contributed by atoms with E-state index in [0.717, 1.165) is 0 Å². The summed E-state index contributed by atoms with van der Waals surface area (Å²) in [4.78, 5) is 133. The highest BCUT2D eigenvalue weighted by atomic mass is 31.2. The van der Waals surface area contributed by atoms with Crippen LogP contribution in [0, 0.1) is 45.3 Å². The van der Waals surface area contributed by atoms with Crippen molar-refractivity contribution < 1.29 is 67.0 Å². The molecular formula is C58H85N16O14P. The number of phosphoric ester groups is 1. The Morgan fingerprint density at radius 1 is 0.820 bits per heavy atom. The molecule has 0 radical (unpaired) electrons. The van der Waals surface area contributed by atoms with Gasteiger partial charge >= 0.3 is 7.82 Å². The SMILES string of the molecule is C/C1=C2N=C(/C=C3\N/C(=C(/C)C4=N[C@](C)(C5N=C1[C@](C)(CCC(=O)NC[C@@H](C)OP(=O)(O)O[C@H]1[C@@H](O)[C@H](n6cnc7c(N)ncnc76)O[C@@H]1CO)[C@H]5CC(N)=O)[C@@](C)(CC(N)=O)[C@@H]4CCC(N)=O)[C@@](C)(CC(N)=O)[C@@H]3CCC(N)=O)C(C)(C)[C@@H]/2CCC(N)=O. The van der Waals surface area contributed by atoms with Gasteiger partial charge in [-0.15, -0.1) is 0 Å².